The Morgan fingerprint density at radius 2 is 1.09 bits per heavy atom. The number of hydrogen-bond acceptors (Lipinski definition) is 1. The monoisotopic (exact) mass is 554 g/mol. The zero-order valence-electron chi connectivity index (χ0n) is 20.4. The molecule has 0 fully saturated rings. The average molecular weight is 554 g/mol. The fraction of sp³-hybridized carbons (Fsp3) is 0.0968. The molecule has 5 rings (SSSR count). The fourth-order valence-electron chi connectivity index (χ4n) is 5.25. The second kappa shape index (κ2) is 10.1. The van der Waals surface area contributed by atoms with Crippen LogP contribution in [0, 0.1) is 0 Å². The topological polar surface area (TPSA) is 9.23 Å². The summed E-state index contributed by atoms with van der Waals surface area (Å²) in [5, 5.41) is 7.01. The molecule has 35 heavy (non-hydrogen) atoms. The van der Waals surface area contributed by atoms with Gasteiger partial charge in [-0.15, -0.1) is 0 Å². The van der Waals surface area contributed by atoms with Gasteiger partial charge in [-0.25, -0.2) is 0 Å². The third-order valence-corrected chi connectivity index (χ3v) is 25.7. The van der Waals surface area contributed by atoms with Crippen LogP contribution in [0.3, 0.4) is 0 Å². The average Bonchev–Trinajstić information content (AvgIpc) is 2.93. The van der Waals surface area contributed by atoms with Gasteiger partial charge in [-0.1, -0.05) is 0 Å². The van der Waals surface area contributed by atoms with Crippen LogP contribution in [0.15, 0.2) is 127 Å². The van der Waals surface area contributed by atoms with Crippen LogP contribution < -0.4 is 24.5 Å². The molecule has 0 aromatic heterocycles. The third kappa shape index (κ3) is 4.26. The van der Waals surface area contributed by atoms with E-state index >= 15 is 0 Å². The summed E-state index contributed by atoms with van der Waals surface area (Å²) in [4.78, 5) is 0. The van der Waals surface area contributed by atoms with Gasteiger partial charge in [0.05, 0.1) is 0 Å². The summed E-state index contributed by atoms with van der Waals surface area (Å²) < 4.78 is 9.65. The minimum absolute atomic E-state index is 0.220. The van der Waals surface area contributed by atoms with Gasteiger partial charge < -0.3 is 0 Å². The summed E-state index contributed by atoms with van der Waals surface area (Å²) in [5.74, 6) is 0. The van der Waals surface area contributed by atoms with Gasteiger partial charge in [0, 0.05) is 0 Å². The molecule has 1 nitrogen and oxygen atoms in total. The van der Waals surface area contributed by atoms with Crippen molar-refractivity contribution in [2.75, 3.05) is 7.11 Å². The number of hydrogen-bond donors (Lipinski definition) is 0. The summed E-state index contributed by atoms with van der Waals surface area (Å²) in [6.07, 6.45) is 0. The predicted molar refractivity (Wildman–Crippen MR) is 157 cm³/mol. The summed E-state index contributed by atoms with van der Waals surface area (Å²) in [6, 6.07) is 46.8. The molecule has 5 aromatic carbocycles. The molecule has 0 aliphatic carbocycles. The van der Waals surface area contributed by atoms with Crippen LogP contribution in [0.25, 0.3) is 10.8 Å². The first-order valence-electron chi connectivity index (χ1n) is 12.0. The van der Waals surface area contributed by atoms with E-state index in [2.05, 4.69) is 140 Å². The van der Waals surface area contributed by atoms with Gasteiger partial charge in [-0.3, -0.25) is 0 Å². The van der Waals surface area contributed by atoms with Crippen LogP contribution >= 0.6 is 0 Å². The molecule has 0 spiro atoms. The van der Waals surface area contributed by atoms with Crippen molar-refractivity contribution < 1.29 is 4.43 Å². The second-order valence-electron chi connectivity index (χ2n) is 9.17. The normalized spacial score (nSPS) is 13.5. The van der Waals surface area contributed by atoms with Crippen LogP contribution in [0.1, 0.15) is 0 Å². The van der Waals surface area contributed by atoms with E-state index in [0.717, 1.165) is 0 Å². The first kappa shape index (κ1) is 24.0. The van der Waals surface area contributed by atoms with E-state index < -0.39 is 15.4 Å². The minimum atomic E-state index is -2.50. The molecular formula is C31H30OSeSi2. The van der Waals surface area contributed by atoms with Crippen molar-refractivity contribution in [3.05, 3.63) is 127 Å². The standard InChI is InChI=1S/C31H30OSeSi2/c1-32-35(3,34(2,27-19-9-5-10-20-27)28-21-11-6-12-22-28)30-24-14-16-25-15-13-23-29(31(25)30)33-26-17-7-4-8-18-26/h4-24H,1-3H3. The molecule has 0 radical (unpaired) electrons. The summed E-state index contributed by atoms with van der Waals surface area (Å²) in [5.41, 5.74) is 0. The Labute approximate surface area is 216 Å². The van der Waals surface area contributed by atoms with Gasteiger partial charge in [0.25, 0.3) is 0 Å². The van der Waals surface area contributed by atoms with E-state index in [0.29, 0.717) is 0 Å². The number of fused-ring (bicyclic) bond motifs is 1. The van der Waals surface area contributed by atoms with Crippen LogP contribution in [0.4, 0.5) is 0 Å². The number of benzene rings is 5. The van der Waals surface area contributed by atoms with Gasteiger partial charge in [-0.2, -0.15) is 0 Å². The molecule has 1 unspecified atom stereocenters. The van der Waals surface area contributed by atoms with E-state index in [9.17, 15) is 0 Å². The van der Waals surface area contributed by atoms with Crippen molar-refractivity contribution >= 4 is 65.6 Å². The first-order valence-corrected chi connectivity index (χ1v) is 19.6. The zero-order chi connectivity index (χ0) is 24.3. The predicted octanol–water partition coefficient (Wildman–Crippen LogP) is 3.89. The number of rotatable bonds is 7. The Bertz CT molecular complexity index is 1380. The second-order valence-corrected chi connectivity index (χ2v) is 23.8. The molecule has 0 N–H and O–H groups in total. The van der Waals surface area contributed by atoms with E-state index in [4.69, 9.17) is 4.43 Å². The molecule has 0 heterocycles. The van der Waals surface area contributed by atoms with Crippen LogP contribution in [0.2, 0.25) is 13.1 Å². The molecule has 0 bridgehead atoms. The molecule has 0 saturated heterocycles. The quantitative estimate of drug-likeness (QED) is 0.278. The maximum absolute atomic E-state index is 6.82. The fourth-order valence-corrected chi connectivity index (χ4v) is 20.9. The first-order chi connectivity index (χ1) is 17.1. The summed E-state index contributed by atoms with van der Waals surface area (Å²) >= 11 is 0.220. The molecule has 0 aliphatic heterocycles. The Balaban J connectivity index is 1.79. The van der Waals surface area contributed by atoms with Gasteiger partial charge in [0.2, 0.25) is 0 Å². The molecule has 1 atom stereocenters. The van der Waals surface area contributed by atoms with Crippen molar-refractivity contribution in [2.45, 2.75) is 13.1 Å². The van der Waals surface area contributed by atoms with Crippen molar-refractivity contribution in [3.8, 4) is 0 Å². The molecular weight excluding hydrogens is 523 g/mol. The third-order valence-electron chi connectivity index (χ3n) is 7.42. The summed E-state index contributed by atoms with van der Waals surface area (Å²) in [6.45, 7) is 4.98. The van der Waals surface area contributed by atoms with Gasteiger partial charge in [0.1, 0.15) is 0 Å². The molecule has 4 heteroatoms. The molecule has 0 aliphatic rings. The summed E-state index contributed by atoms with van der Waals surface area (Å²) in [7, 11) is -2.85. The Morgan fingerprint density at radius 1 is 0.571 bits per heavy atom. The zero-order valence-corrected chi connectivity index (χ0v) is 24.2. The Morgan fingerprint density at radius 3 is 1.63 bits per heavy atom. The van der Waals surface area contributed by atoms with Crippen LogP contribution in [0.5, 0.6) is 0 Å². The van der Waals surface area contributed by atoms with E-state index in [1.165, 1.54) is 35.3 Å². The van der Waals surface area contributed by atoms with Crippen molar-refractivity contribution in [1.29, 1.82) is 0 Å². The van der Waals surface area contributed by atoms with E-state index in [1.54, 1.807) is 0 Å². The van der Waals surface area contributed by atoms with E-state index in [-0.39, 0.29) is 15.0 Å². The van der Waals surface area contributed by atoms with Crippen molar-refractivity contribution in [2.24, 2.45) is 0 Å². The molecule has 174 valence electrons. The molecule has 0 saturated carbocycles. The molecule has 5 aromatic rings. The Kier molecular flexibility index (Phi) is 6.92. The van der Waals surface area contributed by atoms with Crippen LogP contribution in [-0.2, 0) is 4.43 Å². The van der Waals surface area contributed by atoms with Crippen LogP contribution in [-0.4, -0.2) is 37.5 Å². The van der Waals surface area contributed by atoms with Gasteiger partial charge >= 0.3 is 218 Å². The Hall–Kier alpha value is -2.73. The van der Waals surface area contributed by atoms with Gasteiger partial charge in [0.15, 0.2) is 0 Å². The van der Waals surface area contributed by atoms with Gasteiger partial charge in [-0.05, 0) is 0 Å². The SMILES string of the molecule is CO[Si](C)(c1cccc2cccc([Se]c3ccccc3)c12)[Si](C)(c1ccccc1)c1ccccc1. The van der Waals surface area contributed by atoms with Crippen molar-refractivity contribution in [1.82, 2.24) is 0 Å². The maximum atomic E-state index is 6.82. The van der Waals surface area contributed by atoms with E-state index in [1.807, 2.05) is 7.11 Å². The van der Waals surface area contributed by atoms with Crippen molar-refractivity contribution in [3.63, 3.8) is 0 Å². The molecule has 0 amide bonds.